The lowest BCUT2D eigenvalue weighted by atomic mass is 10.4. The number of hydrogen-bond acceptors (Lipinski definition) is 6. The molecule has 1 amide bonds. The van der Waals surface area contributed by atoms with E-state index in [0.717, 1.165) is 43.5 Å². The van der Waals surface area contributed by atoms with E-state index < -0.39 is 4.92 Å². The molecular weight excluding hydrogens is 244 g/mol. The average molecular weight is 256 g/mol. The zero-order chi connectivity index (χ0) is 12.3. The lowest BCUT2D eigenvalue weighted by molar-refractivity contribution is -0.380. The Balaban J connectivity index is 1.86. The molecule has 0 aliphatic carbocycles. The highest BCUT2D eigenvalue weighted by molar-refractivity contribution is 7.18. The summed E-state index contributed by atoms with van der Waals surface area (Å²) in [6.45, 7) is 2.20. The summed E-state index contributed by atoms with van der Waals surface area (Å²) in [6.07, 6.45) is 3.39. The first-order valence-corrected chi connectivity index (χ1v) is 6.09. The molecule has 1 aliphatic rings. The van der Waals surface area contributed by atoms with Crippen molar-refractivity contribution < 1.29 is 9.72 Å². The van der Waals surface area contributed by atoms with Crippen molar-refractivity contribution in [2.24, 2.45) is 0 Å². The van der Waals surface area contributed by atoms with Crippen LogP contribution in [0, 0.1) is 10.1 Å². The van der Waals surface area contributed by atoms with Crippen molar-refractivity contribution >= 4 is 27.4 Å². The van der Waals surface area contributed by atoms with Crippen molar-refractivity contribution in [3.63, 3.8) is 0 Å². The second-order valence-electron chi connectivity index (χ2n) is 3.79. The van der Waals surface area contributed by atoms with Gasteiger partial charge in [-0.05, 0) is 37.3 Å². The number of hydrogen-bond donors (Lipinski definition) is 1. The van der Waals surface area contributed by atoms with Gasteiger partial charge in [0, 0.05) is 0 Å². The number of likely N-dealkylation sites (tertiary alicyclic amines) is 1. The number of nitrogens with zero attached hydrogens (tertiary/aromatic N) is 3. The molecule has 1 aliphatic heterocycles. The first-order valence-electron chi connectivity index (χ1n) is 5.27. The van der Waals surface area contributed by atoms with Gasteiger partial charge >= 0.3 is 5.00 Å². The third-order valence-electron chi connectivity index (χ3n) is 2.49. The summed E-state index contributed by atoms with van der Waals surface area (Å²) in [5, 5.41) is 13.2. The minimum absolute atomic E-state index is 0.0681. The molecule has 92 valence electrons. The zero-order valence-electron chi connectivity index (χ0n) is 9.09. The molecule has 0 unspecified atom stereocenters. The molecule has 2 rings (SSSR count). The molecule has 17 heavy (non-hydrogen) atoms. The monoisotopic (exact) mass is 256 g/mol. The number of aromatic nitrogens is 1. The van der Waals surface area contributed by atoms with Gasteiger partial charge in [-0.15, -0.1) is 0 Å². The van der Waals surface area contributed by atoms with Gasteiger partial charge in [0.15, 0.2) is 5.13 Å². The number of amides is 1. The average Bonchev–Trinajstić information content (AvgIpc) is 2.88. The molecule has 0 atom stereocenters. The summed E-state index contributed by atoms with van der Waals surface area (Å²) in [5.41, 5.74) is 0. The Kier molecular flexibility index (Phi) is 3.64. The number of carbonyl (C=O) groups excluding carboxylic acids is 1. The van der Waals surface area contributed by atoms with E-state index in [2.05, 4.69) is 15.2 Å². The Morgan fingerprint density at radius 2 is 2.29 bits per heavy atom. The van der Waals surface area contributed by atoms with E-state index in [-0.39, 0.29) is 16.0 Å². The largest absolute Gasteiger partial charge is 0.345 e. The predicted octanol–water partition coefficient (Wildman–Crippen LogP) is 1.09. The van der Waals surface area contributed by atoms with Gasteiger partial charge in [0.2, 0.25) is 5.91 Å². The summed E-state index contributed by atoms with van der Waals surface area (Å²) < 4.78 is 0. The minimum Gasteiger partial charge on any atom is -0.301 e. The van der Waals surface area contributed by atoms with E-state index in [0.29, 0.717) is 6.54 Å². The number of nitrogens with one attached hydrogen (secondary N) is 1. The molecule has 0 aromatic carbocycles. The maximum absolute atomic E-state index is 11.6. The summed E-state index contributed by atoms with van der Waals surface area (Å²) >= 11 is 0.867. The van der Waals surface area contributed by atoms with E-state index in [4.69, 9.17) is 0 Å². The van der Waals surface area contributed by atoms with Gasteiger partial charge < -0.3 is 5.32 Å². The zero-order valence-corrected chi connectivity index (χ0v) is 9.90. The predicted molar refractivity (Wildman–Crippen MR) is 63.1 cm³/mol. The summed E-state index contributed by atoms with van der Waals surface area (Å²) in [5.74, 6) is -0.170. The highest BCUT2D eigenvalue weighted by Gasteiger charge is 2.17. The van der Waals surface area contributed by atoms with Gasteiger partial charge in [-0.2, -0.15) is 0 Å². The van der Waals surface area contributed by atoms with Gasteiger partial charge in [-0.1, -0.05) is 0 Å². The molecule has 0 bridgehead atoms. The number of thiazole rings is 1. The highest BCUT2D eigenvalue weighted by atomic mass is 32.1. The second-order valence-corrected chi connectivity index (χ2v) is 4.80. The lowest BCUT2D eigenvalue weighted by Gasteiger charge is -2.12. The molecule has 1 aromatic rings. The van der Waals surface area contributed by atoms with Gasteiger partial charge in [0.25, 0.3) is 0 Å². The van der Waals surface area contributed by atoms with Crippen LogP contribution in [0.5, 0.6) is 0 Å². The normalized spacial score (nSPS) is 16.0. The van der Waals surface area contributed by atoms with Crippen molar-refractivity contribution in [1.82, 2.24) is 9.88 Å². The van der Waals surface area contributed by atoms with E-state index >= 15 is 0 Å². The van der Waals surface area contributed by atoms with Crippen LogP contribution in [0.1, 0.15) is 12.8 Å². The molecule has 0 spiro atoms. The molecule has 0 radical (unpaired) electrons. The van der Waals surface area contributed by atoms with Crippen molar-refractivity contribution in [2.45, 2.75) is 12.8 Å². The van der Waals surface area contributed by atoms with Crippen LogP contribution < -0.4 is 5.32 Å². The second kappa shape index (κ2) is 5.19. The molecule has 1 fully saturated rings. The Hall–Kier alpha value is -1.54. The summed E-state index contributed by atoms with van der Waals surface area (Å²) in [6, 6.07) is 0. The van der Waals surface area contributed by atoms with E-state index in [1.807, 2.05) is 0 Å². The van der Waals surface area contributed by atoms with Gasteiger partial charge in [-0.3, -0.25) is 19.8 Å². The maximum atomic E-state index is 11.6. The highest BCUT2D eigenvalue weighted by Crippen LogP contribution is 2.24. The lowest BCUT2D eigenvalue weighted by Crippen LogP contribution is -2.30. The maximum Gasteiger partial charge on any atom is 0.345 e. The van der Waals surface area contributed by atoms with Crippen molar-refractivity contribution in [1.29, 1.82) is 0 Å². The van der Waals surface area contributed by atoms with E-state index in [9.17, 15) is 14.9 Å². The van der Waals surface area contributed by atoms with Crippen LogP contribution in [0.4, 0.5) is 10.1 Å². The topological polar surface area (TPSA) is 88.4 Å². The minimum atomic E-state index is -0.520. The smallest absolute Gasteiger partial charge is 0.301 e. The fraction of sp³-hybridized carbons (Fsp3) is 0.556. The molecule has 8 heteroatoms. The number of rotatable bonds is 4. The van der Waals surface area contributed by atoms with Gasteiger partial charge in [0.1, 0.15) is 6.20 Å². The summed E-state index contributed by atoms with van der Waals surface area (Å²) in [4.78, 5) is 27.3. The third kappa shape index (κ3) is 3.21. The Bertz CT molecular complexity index is 428. The van der Waals surface area contributed by atoms with Crippen LogP contribution in [-0.2, 0) is 4.79 Å². The van der Waals surface area contributed by atoms with Crippen LogP contribution >= 0.6 is 11.3 Å². The Labute approximate surface area is 102 Å². The first kappa shape index (κ1) is 11.9. The van der Waals surface area contributed by atoms with Gasteiger partial charge in [-0.25, -0.2) is 4.98 Å². The van der Waals surface area contributed by atoms with Crippen molar-refractivity contribution in [3.05, 3.63) is 16.3 Å². The first-order chi connectivity index (χ1) is 8.15. The van der Waals surface area contributed by atoms with Crippen LogP contribution in [0.2, 0.25) is 0 Å². The summed E-state index contributed by atoms with van der Waals surface area (Å²) in [7, 11) is 0. The fourth-order valence-corrected chi connectivity index (χ4v) is 2.36. The van der Waals surface area contributed by atoms with Crippen molar-refractivity contribution in [2.75, 3.05) is 25.0 Å². The molecule has 7 nitrogen and oxygen atoms in total. The standard InChI is InChI=1S/C9H12N4O3S/c14-7(6-12-3-1-2-4-12)11-9-10-5-8(17-9)13(15)16/h5H,1-4,6H2,(H,10,11,14). The van der Waals surface area contributed by atoms with E-state index in [1.165, 1.54) is 0 Å². The molecule has 1 N–H and O–H groups in total. The van der Waals surface area contributed by atoms with Gasteiger partial charge in [0.05, 0.1) is 11.5 Å². The third-order valence-corrected chi connectivity index (χ3v) is 3.35. The van der Waals surface area contributed by atoms with Crippen molar-refractivity contribution in [3.8, 4) is 0 Å². The SMILES string of the molecule is O=C(CN1CCCC1)Nc1ncc([N+](=O)[O-])s1. The molecule has 1 saturated heterocycles. The quantitative estimate of drug-likeness (QED) is 0.643. The fourth-order valence-electron chi connectivity index (χ4n) is 1.71. The number of anilines is 1. The Morgan fingerprint density at radius 3 is 2.88 bits per heavy atom. The van der Waals surface area contributed by atoms with E-state index in [1.54, 1.807) is 0 Å². The number of nitro groups is 1. The van der Waals surface area contributed by atoms with Crippen LogP contribution in [-0.4, -0.2) is 40.3 Å². The van der Waals surface area contributed by atoms with Crippen LogP contribution in [0.15, 0.2) is 6.20 Å². The van der Waals surface area contributed by atoms with Crippen LogP contribution in [0.25, 0.3) is 0 Å². The van der Waals surface area contributed by atoms with Crippen LogP contribution in [0.3, 0.4) is 0 Å². The molecular formula is C9H12N4O3S. The molecule has 1 aromatic heterocycles. The Morgan fingerprint density at radius 1 is 1.59 bits per heavy atom. The molecule has 2 heterocycles. The number of carbonyl (C=O) groups is 1. The molecule has 0 saturated carbocycles.